The number of hydrogen-bond donors (Lipinski definition) is 0. The van der Waals surface area contributed by atoms with E-state index in [1.165, 1.54) is 11.1 Å². The molecule has 0 N–H and O–H groups in total. The van der Waals surface area contributed by atoms with Crippen LogP contribution in [0.5, 0.6) is 0 Å². The molecule has 3 nitrogen and oxygen atoms in total. The van der Waals surface area contributed by atoms with Gasteiger partial charge < -0.3 is 9.80 Å². The van der Waals surface area contributed by atoms with E-state index in [1.54, 1.807) is 0 Å². The average molecular weight is 310 g/mol. The molecule has 0 aliphatic carbocycles. The van der Waals surface area contributed by atoms with Gasteiger partial charge in [0, 0.05) is 25.8 Å². The molecule has 0 aliphatic heterocycles. The molecule has 23 heavy (non-hydrogen) atoms. The Morgan fingerprint density at radius 2 is 1.65 bits per heavy atom. The second-order valence-corrected chi connectivity index (χ2v) is 5.99. The van der Waals surface area contributed by atoms with Gasteiger partial charge in [0.05, 0.1) is 6.54 Å². The second-order valence-electron chi connectivity index (χ2n) is 5.99. The van der Waals surface area contributed by atoms with Gasteiger partial charge in [-0.15, -0.1) is 0 Å². The molecule has 2 rings (SSSR count). The molecule has 0 heterocycles. The number of benzene rings is 2. The Bertz CT molecular complexity index is 607. The summed E-state index contributed by atoms with van der Waals surface area (Å²) < 4.78 is 0. The molecule has 0 saturated heterocycles. The Morgan fingerprint density at radius 3 is 2.26 bits per heavy atom. The van der Waals surface area contributed by atoms with Crippen molar-refractivity contribution in [2.24, 2.45) is 0 Å². The molecule has 1 amide bonds. The fourth-order valence-corrected chi connectivity index (χ4v) is 2.55. The number of amides is 1. The Hall–Kier alpha value is -2.29. The molecule has 0 fully saturated rings. The minimum absolute atomic E-state index is 0.166. The van der Waals surface area contributed by atoms with Gasteiger partial charge in [0.25, 0.3) is 0 Å². The minimum atomic E-state index is 0.166. The zero-order valence-corrected chi connectivity index (χ0v) is 14.3. The maximum absolute atomic E-state index is 12.7. The summed E-state index contributed by atoms with van der Waals surface area (Å²) in [6.07, 6.45) is 0.965. The Kier molecular flexibility index (Phi) is 6.21. The van der Waals surface area contributed by atoms with Crippen molar-refractivity contribution in [3.05, 3.63) is 65.7 Å². The van der Waals surface area contributed by atoms with Crippen molar-refractivity contribution in [3.8, 4) is 0 Å². The first-order chi connectivity index (χ1) is 11.1. The SMILES string of the molecule is CCCN(Cc1ccc(C)cc1)C(=O)CN(C)c1ccccc1. The van der Waals surface area contributed by atoms with Crippen LogP contribution < -0.4 is 4.90 Å². The van der Waals surface area contributed by atoms with Crippen molar-refractivity contribution in [2.45, 2.75) is 26.8 Å². The van der Waals surface area contributed by atoms with E-state index in [0.29, 0.717) is 13.1 Å². The van der Waals surface area contributed by atoms with Crippen molar-refractivity contribution >= 4 is 11.6 Å². The van der Waals surface area contributed by atoms with E-state index in [4.69, 9.17) is 0 Å². The molecular weight excluding hydrogens is 284 g/mol. The largest absolute Gasteiger partial charge is 0.365 e. The fourth-order valence-electron chi connectivity index (χ4n) is 2.55. The van der Waals surface area contributed by atoms with Crippen LogP contribution in [0, 0.1) is 6.92 Å². The summed E-state index contributed by atoms with van der Waals surface area (Å²) in [5.74, 6) is 0.166. The van der Waals surface area contributed by atoms with Crippen molar-refractivity contribution in [2.75, 3.05) is 25.0 Å². The van der Waals surface area contributed by atoms with Crippen LogP contribution in [0.25, 0.3) is 0 Å². The molecule has 0 unspecified atom stereocenters. The summed E-state index contributed by atoms with van der Waals surface area (Å²) in [7, 11) is 1.96. The Morgan fingerprint density at radius 1 is 1.00 bits per heavy atom. The van der Waals surface area contributed by atoms with Crippen LogP contribution in [0.15, 0.2) is 54.6 Å². The van der Waals surface area contributed by atoms with Gasteiger partial charge in [-0.25, -0.2) is 0 Å². The van der Waals surface area contributed by atoms with E-state index < -0.39 is 0 Å². The molecule has 0 atom stereocenters. The molecule has 0 saturated carbocycles. The lowest BCUT2D eigenvalue weighted by atomic mass is 10.1. The third kappa shape index (κ3) is 5.13. The summed E-state index contributed by atoms with van der Waals surface area (Å²) in [5, 5.41) is 0. The van der Waals surface area contributed by atoms with Crippen LogP contribution in [0.2, 0.25) is 0 Å². The summed E-state index contributed by atoms with van der Waals surface area (Å²) in [6.45, 7) is 6.05. The standard InChI is InChI=1S/C20H26N2O/c1-4-14-22(15-18-12-10-17(2)11-13-18)20(23)16-21(3)19-8-6-5-7-9-19/h5-13H,4,14-16H2,1-3H3. The number of rotatable bonds is 7. The number of anilines is 1. The molecule has 3 heteroatoms. The molecule has 2 aromatic carbocycles. The van der Waals surface area contributed by atoms with Crippen LogP contribution in [-0.4, -0.2) is 30.9 Å². The summed E-state index contributed by atoms with van der Waals surface area (Å²) in [6, 6.07) is 18.4. The first-order valence-corrected chi connectivity index (χ1v) is 8.19. The van der Waals surface area contributed by atoms with Gasteiger partial charge in [0.15, 0.2) is 0 Å². The summed E-state index contributed by atoms with van der Waals surface area (Å²) >= 11 is 0. The highest BCUT2D eigenvalue weighted by Gasteiger charge is 2.15. The van der Waals surface area contributed by atoms with Gasteiger partial charge in [-0.05, 0) is 31.0 Å². The van der Waals surface area contributed by atoms with Crippen molar-refractivity contribution < 1.29 is 4.79 Å². The van der Waals surface area contributed by atoms with Crippen LogP contribution in [0.4, 0.5) is 5.69 Å². The zero-order valence-electron chi connectivity index (χ0n) is 14.3. The smallest absolute Gasteiger partial charge is 0.242 e. The van der Waals surface area contributed by atoms with Gasteiger partial charge in [-0.3, -0.25) is 4.79 Å². The van der Waals surface area contributed by atoms with E-state index >= 15 is 0 Å². The molecule has 122 valence electrons. The van der Waals surface area contributed by atoms with E-state index in [1.807, 2.05) is 47.2 Å². The Labute approximate surface area is 139 Å². The van der Waals surface area contributed by atoms with E-state index in [2.05, 4.69) is 38.1 Å². The lowest BCUT2D eigenvalue weighted by molar-refractivity contribution is -0.130. The lowest BCUT2D eigenvalue weighted by Gasteiger charge is -2.26. The fraction of sp³-hybridized carbons (Fsp3) is 0.350. The molecule has 0 aliphatic rings. The number of nitrogens with zero attached hydrogens (tertiary/aromatic N) is 2. The van der Waals surface area contributed by atoms with Crippen molar-refractivity contribution in [3.63, 3.8) is 0 Å². The Balaban J connectivity index is 2.01. The van der Waals surface area contributed by atoms with Gasteiger partial charge in [-0.2, -0.15) is 0 Å². The van der Waals surface area contributed by atoms with E-state index in [0.717, 1.165) is 18.7 Å². The molecule has 0 bridgehead atoms. The first kappa shape index (κ1) is 17.1. The topological polar surface area (TPSA) is 23.6 Å². The first-order valence-electron chi connectivity index (χ1n) is 8.19. The summed E-state index contributed by atoms with van der Waals surface area (Å²) in [4.78, 5) is 16.6. The number of carbonyl (C=O) groups excluding carboxylic acids is 1. The molecule has 2 aromatic rings. The predicted octanol–water partition coefficient (Wildman–Crippen LogP) is 3.87. The maximum Gasteiger partial charge on any atom is 0.242 e. The lowest BCUT2D eigenvalue weighted by Crippen LogP contribution is -2.39. The monoisotopic (exact) mass is 310 g/mol. The van der Waals surface area contributed by atoms with Crippen LogP contribution >= 0.6 is 0 Å². The van der Waals surface area contributed by atoms with Gasteiger partial charge >= 0.3 is 0 Å². The quantitative estimate of drug-likeness (QED) is 0.775. The number of likely N-dealkylation sites (N-methyl/N-ethyl adjacent to an activating group) is 1. The van der Waals surface area contributed by atoms with Crippen LogP contribution in [0.3, 0.4) is 0 Å². The number of aryl methyl sites for hydroxylation is 1. The second kappa shape index (κ2) is 8.37. The van der Waals surface area contributed by atoms with E-state index in [9.17, 15) is 4.79 Å². The zero-order chi connectivity index (χ0) is 16.7. The van der Waals surface area contributed by atoms with Gasteiger partial charge in [0.1, 0.15) is 0 Å². The predicted molar refractivity (Wildman–Crippen MR) is 96.6 cm³/mol. The highest BCUT2D eigenvalue weighted by atomic mass is 16.2. The van der Waals surface area contributed by atoms with Crippen LogP contribution in [0.1, 0.15) is 24.5 Å². The molecule has 0 spiro atoms. The average Bonchev–Trinajstić information content (AvgIpc) is 2.57. The van der Waals surface area contributed by atoms with E-state index in [-0.39, 0.29) is 5.91 Å². The molecular formula is C20H26N2O. The highest BCUT2D eigenvalue weighted by molar-refractivity contribution is 5.81. The normalized spacial score (nSPS) is 10.4. The number of carbonyl (C=O) groups is 1. The maximum atomic E-state index is 12.7. The van der Waals surface area contributed by atoms with Gasteiger partial charge in [-0.1, -0.05) is 55.0 Å². The minimum Gasteiger partial charge on any atom is -0.365 e. The third-order valence-electron chi connectivity index (χ3n) is 3.91. The summed E-state index contributed by atoms with van der Waals surface area (Å²) in [5.41, 5.74) is 3.48. The number of hydrogen-bond acceptors (Lipinski definition) is 2. The molecule has 0 aromatic heterocycles. The van der Waals surface area contributed by atoms with Crippen LogP contribution in [-0.2, 0) is 11.3 Å². The third-order valence-corrected chi connectivity index (χ3v) is 3.91. The van der Waals surface area contributed by atoms with Gasteiger partial charge in [0.2, 0.25) is 5.91 Å². The van der Waals surface area contributed by atoms with Crippen molar-refractivity contribution in [1.82, 2.24) is 4.90 Å². The highest BCUT2D eigenvalue weighted by Crippen LogP contribution is 2.12. The van der Waals surface area contributed by atoms with Crippen molar-refractivity contribution in [1.29, 1.82) is 0 Å². The molecule has 0 radical (unpaired) electrons. The number of para-hydroxylation sites is 1.